The first-order valence-corrected chi connectivity index (χ1v) is 10.7. The van der Waals surface area contributed by atoms with Gasteiger partial charge in [-0.25, -0.2) is 9.78 Å². The van der Waals surface area contributed by atoms with Crippen LogP contribution < -0.4 is 10.1 Å². The van der Waals surface area contributed by atoms with E-state index in [1.807, 2.05) is 51.2 Å². The molecule has 1 aliphatic rings. The second-order valence-electron chi connectivity index (χ2n) is 8.98. The average Bonchev–Trinajstić information content (AvgIpc) is 3.16. The summed E-state index contributed by atoms with van der Waals surface area (Å²) >= 11 is 0. The van der Waals surface area contributed by atoms with E-state index in [0.717, 1.165) is 23.0 Å². The summed E-state index contributed by atoms with van der Waals surface area (Å²) < 4.78 is 11.3. The predicted octanol–water partition coefficient (Wildman–Crippen LogP) is 4.81. The van der Waals surface area contributed by atoms with Gasteiger partial charge in [-0.3, -0.25) is 0 Å². The van der Waals surface area contributed by atoms with Crippen LogP contribution in [0.15, 0.2) is 42.6 Å². The molecule has 3 aromatic rings. The van der Waals surface area contributed by atoms with Gasteiger partial charge in [-0.2, -0.15) is 5.26 Å². The van der Waals surface area contributed by atoms with Crippen LogP contribution in [-0.4, -0.2) is 46.3 Å². The molecule has 0 aliphatic carbocycles. The van der Waals surface area contributed by atoms with Crippen LogP contribution in [0.4, 0.5) is 16.3 Å². The molecule has 32 heavy (non-hydrogen) atoms. The Balaban J connectivity index is 1.30. The van der Waals surface area contributed by atoms with Crippen molar-refractivity contribution in [3.8, 4) is 11.8 Å². The van der Waals surface area contributed by atoms with E-state index in [4.69, 9.17) is 9.47 Å². The number of rotatable bonds is 6. The molecule has 1 fully saturated rings. The van der Waals surface area contributed by atoms with Crippen molar-refractivity contribution in [1.29, 1.82) is 5.26 Å². The topological polar surface area (TPSA) is 103 Å². The van der Waals surface area contributed by atoms with Crippen molar-refractivity contribution in [2.45, 2.75) is 32.8 Å². The van der Waals surface area contributed by atoms with E-state index in [1.165, 1.54) is 0 Å². The fourth-order valence-corrected chi connectivity index (χ4v) is 3.56. The zero-order chi connectivity index (χ0) is 22.7. The molecule has 8 nitrogen and oxygen atoms in total. The van der Waals surface area contributed by atoms with Crippen molar-refractivity contribution >= 4 is 28.5 Å². The lowest BCUT2D eigenvalue weighted by atomic mass is 9.97. The fraction of sp³-hybridized carbons (Fsp3) is 0.375. The first kappa shape index (κ1) is 21.5. The number of nitrogens with one attached hydrogen (secondary N) is 2. The molecule has 0 radical (unpaired) electrons. The molecule has 166 valence electrons. The maximum Gasteiger partial charge on any atom is 0.410 e. The maximum atomic E-state index is 12.0. The molecule has 4 rings (SSSR count). The number of aromatic nitrogens is 2. The number of nitrogens with zero attached hydrogens (tertiary/aromatic N) is 3. The van der Waals surface area contributed by atoms with E-state index >= 15 is 0 Å². The summed E-state index contributed by atoms with van der Waals surface area (Å²) in [6.45, 7) is 7.43. The molecule has 0 unspecified atom stereocenters. The lowest BCUT2D eigenvalue weighted by molar-refractivity contribution is -0.00383. The van der Waals surface area contributed by atoms with Gasteiger partial charge < -0.3 is 24.7 Å². The molecule has 0 saturated carbocycles. The van der Waals surface area contributed by atoms with E-state index in [0.29, 0.717) is 37.2 Å². The van der Waals surface area contributed by atoms with Crippen molar-refractivity contribution in [3.05, 3.63) is 48.3 Å². The Morgan fingerprint density at radius 3 is 2.84 bits per heavy atom. The Labute approximate surface area is 187 Å². The van der Waals surface area contributed by atoms with Crippen LogP contribution >= 0.6 is 0 Å². The molecular formula is C24H27N5O3. The van der Waals surface area contributed by atoms with Gasteiger partial charge in [0.25, 0.3) is 0 Å². The summed E-state index contributed by atoms with van der Waals surface area (Å²) in [5.74, 6) is 1.51. The van der Waals surface area contributed by atoms with Crippen LogP contribution in [0, 0.1) is 17.2 Å². The number of nitriles is 1. The van der Waals surface area contributed by atoms with Gasteiger partial charge in [-0.15, -0.1) is 0 Å². The number of pyridine rings is 1. The number of anilines is 2. The predicted molar refractivity (Wildman–Crippen MR) is 122 cm³/mol. The van der Waals surface area contributed by atoms with Gasteiger partial charge in [0.2, 0.25) is 0 Å². The van der Waals surface area contributed by atoms with Gasteiger partial charge in [-0.1, -0.05) is 6.07 Å². The van der Waals surface area contributed by atoms with Crippen molar-refractivity contribution in [2.24, 2.45) is 5.92 Å². The minimum Gasteiger partial charge on any atom is -0.493 e. The number of hydrogen-bond acceptors (Lipinski definition) is 6. The third kappa shape index (κ3) is 5.30. The Morgan fingerprint density at radius 1 is 1.28 bits per heavy atom. The Morgan fingerprint density at radius 2 is 2.09 bits per heavy atom. The molecule has 3 heterocycles. The number of likely N-dealkylation sites (tertiary alicyclic amines) is 1. The molecule has 8 heteroatoms. The number of amides is 1. The van der Waals surface area contributed by atoms with E-state index in [1.54, 1.807) is 17.0 Å². The van der Waals surface area contributed by atoms with Crippen LogP contribution in [0.5, 0.6) is 5.75 Å². The number of carbonyl (C=O) groups excluding carboxylic acids is 1. The van der Waals surface area contributed by atoms with Crippen LogP contribution in [-0.2, 0) is 4.74 Å². The van der Waals surface area contributed by atoms with Crippen molar-refractivity contribution in [2.75, 3.05) is 25.0 Å². The van der Waals surface area contributed by atoms with Crippen LogP contribution in [0.25, 0.3) is 10.9 Å². The normalized spacial score (nSPS) is 14.0. The lowest BCUT2D eigenvalue weighted by Gasteiger charge is -2.39. The highest BCUT2D eigenvalue weighted by molar-refractivity contribution is 5.83. The number of carbonyl (C=O) groups is 1. The van der Waals surface area contributed by atoms with Crippen LogP contribution in [0.1, 0.15) is 32.9 Å². The molecule has 2 N–H and O–H groups in total. The summed E-state index contributed by atoms with van der Waals surface area (Å²) in [5, 5.41) is 13.7. The number of H-pyrrole nitrogens is 1. The first-order valence-electron chi connectivity index (χ1n) is 10.7. The quantitative estimate of drug-likeness (QED) is 0.578. The highest BCUT2D eigenvalue weighted by Crippen LogP contribution is 2.25. The zero-order valence-corrected chi connectivity index (χ0v) is 18.5. The van der Waals surface area contributed by atoms with Crippen molar-refractivity contribution in [3.63, 3.8) is 0 Å². The minimum atomic E-state index is -0.482. The SMILES string of the molecule is CC(C)(C)OC(=O)N1CC(CCOc2cc(C#N)nc(Nc3ccc4cc[nH]c4c3)c2)C1. The molecular weight excluding hydrogens is 406 g/mol. The van der Waals surface area contributed by atoms with Gasteiger partial charge in [0, 0.05) is 42.6 Å². The largest absolute Gasteiger partial charge is 0.493 e. The summed E-state index contributed by atoms with van der Waals surface area (Å²) in [7, 11) is 0. The molecule has 2 aromatic heterocycles. The van der Waals surface area contributed by atoms with Gasteiger partial charge in [-0.05, 0) is 56.7 Å². The zero-order valence-electron chi connectivity index (χ0n) is 18.5. The van der Waals surface area contributed by atoms with E-state index in [-0.39, 0.29) is 11.8 Å². The second kappa shape index (κ2) is 8.79. The molecule has 1 aliphatic heterocycles. The number of aromatic amines is 1. The summed E-state index contributed by atoms with van der Waals surface area (Å²) in [6, 6.07) is 13.5. The highest BCUT2D eigenvalue weighted by Gasteiger charge is 2.33. The van der Waals surface area contributed by atoms with E-state index in [2.05, 4.69) is 21.4 Å². The minimum absolute atomic E-state index is 0.268. The van der Waals surface area contributed by atoms with Crippen LogP contribution in [0.2, 0.25) is 0 Å². The summed E-state index contributed by atoms with van der Waals surface area (Å²) in [6.07, 6.45) is 2.44. The third-order valence-electron chi connectivity index (χ3n) is 5.14. The van der Waals surface area contributed by atoms with Crippen molar-refractivity contribution in [1.82, 2.24) is 14.9 Å². The van der Waals surface area contributed by atoms with Gasteiger partial charge in [0.1, 0.15) is 28.9 Å². The average molecular weight is 434 g/mol. The summed E-state index contributed by atoms with van der Waals surface area (Å²) in [4.78, 5) is 21.2. The highest BCUT2D eigenvalue weighted by atomic mass is 16.6. The molecule has 0 atom stereocenters. The standard InChI is InChI=1S/C24H27N5O3/c1-24(2,3)32-23(30)29-14-16(15-29)7-9-31-20-10-19(13-25)28-22(12-20)27-18-5-4-17-6-8-26-21(17)11-18/h4-6,8,10-12,16,26H,7,9,14-15H2,1-3H3,(H,27,28). The van der Waals surface area contributed by atoms with E-state index in [9.17, 15) is 10.1 Å². The first-order chi connectivity index (χ1) is 15.3. The molecule has 1 aromatic carbocycles. The summed E-state index contributed by atoms with van der Waals surface area (Å²) in [5.41, 5.74) is 1.68. The molecule has 0 spiro atoms. The second-order valence-corrected chi connectivity index (χ2v) is 8.98. The third-order valence-corrected chi connectivity index (χ3v) is 5.14. The number of benzene rings is 1. The Kier molecular flexibility index (Phi) is 5.91. The van der Waals surface area contributed by atoms with Gasteiger partial charge >= 0.3 is 6.09 Å². The molecule has 1 saturated heterocycles. The van der Waals surface area contributed by atoms with Gasteiger partial charge in [0.15, 0.2) is 0 Å². The van der Waals surface area contributed by atoms with Crippen LogP contribution in [0.3, 0.4) is 0 Å². The monoisotopic (exact) mass is 433 g/mol. The molecule has 1 amide bonds. The number of fused-ring (bicyclic) bond motifs is 1. The number of ether oxygens (including phenoxy) is 2. The molecule has 0 bridgehead atoms. The Hall–Kier alpha value is -3.73. The smallest absolute Gasteiger partial charge is 0.410 e. The Bertz CT molecular complexity index is 1150. The van der Waals surface area contributed by atoms with Crippen molar-refractivity contribution < 1.29 is 14.3 Å². The fourth-order valence-electron chi connectivity index (χ4n) is 3.56. The van der Waals surface area contributed by atoms with E-state index < -0.39 is 5.60 Å². The number of hydrogen-bond donors (Lipinski definition) is 2. The lowest BCUT2D eigenvalue weighted by Crippen LogP contribution is -2.51. The van der Waals surface area contributed by atoms with Gasteiger partial charge in [0.05, 0.1) is 6.61 Å². The maximum absolute atomic E-state index is 12.0.